The fourth-order valence-corrected chi connectivity index (χ4v) is 3.33. The first-order valence-electron chi connectivity index (χ1n) is 6.53. The third kappa shape index (κ3) is 4.01. The van der Waals surface area contributed by atoms with Gasteiger partial charge in [0.25, 0.3) is 0 Å². The number of hydrogen-bond donors (Lipinski definition) is 1. The van der Waals surface area contributed by atoms with Crippen LogP contribution in [0.15, 0.2) is 23.1 Å². The highest BCUT2D eigenvalue weighted by Gasteiger charge is 2.22. The highest BCUT2D eigenvalue weighted by Crippen LogP contribution is 2.21. The van der Waals surface area contributed by atoms with E-state index in [1.165, 1.54) is 4.31 Å². The Labute approximate surface area is 127 Å². The standard InChI is InChI=1S/C14H22N2O2S2/c1-10(2)7-8-16(4)20(17,18)13-6-5-12(14(15)19)9-11(13)3/h5-6,9-10H,7-8H2,1-4H3,(H2,15,19). The Morgan fingerprint density at radius 1 is 1.40 bits per heavy atom. The number of sulfonamides is 1. The van der Waals surface area contributed by atoms with Crippen molar-refractivity contribution in [3.05, 3.63) is 29.3 Å². The van der Waals surface area contributed by atoms with Gasteiger partial charge in [-0.3, -0.25) is 0 Å². The van der Waals surface area contributed by atoms with Gasteiger partial charge < -0.3 is 5.73 Å². The second kappa shape index (κ2) is 6.65. The third-order valence-electron chi connectivity index (χ3n) is 3.17. The lowest BCUT2D eigenvalue weighted by Gasteiger charge is -2.19. The zero-order valence-corrected chi connectivity index (χ0v) is 14.0. The number of aryl methyl sites for hydroxylation is 1. The van der Waals surface area contributed by atoms with Crippen LogP contribution in [0.5, 0.6) is 0 Å². The summed E-state index contributed by atoms with van der Waals surface area (Å²) in [7, 11) is -1.85. The molecule has 1 aromatic carbocycles. The van der Waals surface area contributed by atoms with Gasteiger partial charge in [0.2, 0.25) is 10.0 Å². The molecule has 6 heteroatoms. The molecule has 0 fully saturated rings. The van der Waals surface area contributed by atoms with Crippen molar-refractivity contribution in [2.24, 2.45) is 11.7 Å². The quantitative estimate of drug-likeness (QED) is 0.818. The summed E-state index contributed by atoms with van der Waals surface area (Å²) in [5, 5.41) is 0. The van der Waals surface area contributed by atoms with Gasteiger partial charge in [-0.15, -0.1) is 0 Å². The fourth-order valence-electron chi connectivity index (χ4n) is 1.82. The van der Waals surface area contributed by atoms with E-state index in [0.717, 1.165) is 6.42 Å². The molecule has 0 heterocycles. The number of hydrogen-bond acceptors (Lipinski definition) is 3. The third-order valence-corrected chi connectivity index (χ3v) is 5.42. The van der Waals surface area contributed by atoms with Gasteiger partial charge in [0.1, 0.15) is 4.99 Å². The Bertz CT molecular complexity index is 595. The molecule has 0 aliphatic carbocycles. The predicted molar refractivity (Wildman–Crippen MR) is 86.3 cm³/mol. The summed E-state index contributed by atoms with van der Waals surface area (Å²) < 4.78 is 26.4. The minimum absolute atomic E-state index is 0.269. The maximum Gasteiger partial charge on any atom is 0.243 e. The van der Waals surface area contributed by atoms with Crippen molar-refractivity contribution >= 4 is 27.2 Å². The zero-order chi connectivity index (χ0) is 15.5. The molecule has 0 aromatic heterocycles. The van der Waals surface area contributed by atoms with Crippen molar-refractivity contribution in [1.29, 1.82) is 0 Å². The summed E-state index contributed by atoms with van der Waals surface area (Å²) in [5.41, 5.74) is 6.89. The molecule has 4 nitrogen and oxygen atoms in total. The summed E-state index contributed by atoms with van der Waals surface area (Å²) in [6, 6.07) is 4.94. The number of thiocarbonyl (C=S) groups is 1. The molecular formula is C14H22N2O2S2. The van der Waals surface area contributed by atoms with Crippen LogP contribution in [0.1, 0.15) is 31.4 Å². The van der Waals surface area contributed by atoms with Gasteiger partial charge in [-0.1, -0.05) is 32.1 Å². The average molecular weight is 314 g/mol. The zero-order valence-electron chi connectivity index (χ0n) is 12.4. The van der Waals surface area contributed by atoms with Crippen LogP contribution in [0, 0.1) is 12.8 Å². The van der Waals surface area contributed by atoms with Crippen LogP contribution < -0.4 is 5.73 Å². The van der Waals surface area contributed by atoms with Crippen LogP contribution in [0.4, 0.5) is 0 Å². The van der Waals surface area contributed by atoms with Crippen LogP contribution >= 0.6 is 12.2 Å². The summed E-state index contributed by atoms with van der Waals surface area (Å²) in [4.78, 5) is 0.578. The second-order valence-corrected chi connectivity index (χ2v) is 7.81. The molecule has 1 aromatic rings. The molecule has 1 rings (SSSR count). The molecule has 0 aliphatic heterocycles. The Morgan fingerprint density at radius 3 is 2.45 bits per heavy atom. The number of nitrogens with two attached hydrogens (primary N) is 1. The Hall–Kier alpha value is -0.980. The van der Waals surface area contributed by atoms with E-state index in [1.807, 2.05) is 0 Å². The normalized spacial score (nSPS) is 12.1. The molecule has 0 amide bonds. The Kier molecular flexibility index (Phi) is 5.68. The van der Waals surface area contributed by atoms with Gasteiger partial charge in [0.05, 0.1) is 4.90 Å². The second-order valence-electron chi connectivity index (χ2n) is 5.35. The monoisotopic (exact) mass is 314 g/mol. The van der Waals surface area contributed by atoms with Crippen molar-refractivity contribution in [1.82, 2.24) is 4.31 Å². The molecule has 0 saturated heterocycles. The minimum Gasteiger partial charge on any atom is -0.389 e. The van der Waals surface area contributed by atoms with Crippen molar-refractivity contribution in [3.63, 3.8) is 0 Å². The summed E-state index contributed by atoms with van der Waals surface area (Å²) >= 11 is 4.90. The van der Waals surface area contributed by atoms with Crippen LogP contribution in [0.2, 0.25) is 0 Å². The van der Waals surface area contributed by atoms with Crippen molar-refractivity contribution in [2.75, 3.05) is 13.6 Å². The van der Waals surface area contributed by atoms with Crippen molar-refractivity contribution in [3.8, 4) is 0 Å². The van der Waals surface area contributed by atoms with Gasteiger partial charge in [-0.2, -0.15) is 0 Å². The van der Waals surface area contributed by atoms with Crippen molar-refractivity contribution in [2.45, 2.75) is 32.1 Å². The Morgan fingerprint density at radius 2 is 2.00 bits per heavy atom. The number of rotatable bonds is 6. The van der Waals surface area contributed by atoms with Gasteiger partial charge in [-0.25, -0.2) is 12.7 Å². The molecule has 20 heavy (non-hydrogen) atoms. The largest absolute Gasteiger partial charge is 0.389 e. The lowest BCUT2D eigenvalue weighted by molar-refractivity contribution is 0.428. The first kappa shape index (κ1) is 17.1. The molecule has 0 bridgehead atoms. The first-order valence-corrected chi connectivity index (χ1v) is 8.38. The SMILES string of the molecule is Cc1cc(C(N)=S)ccc1S(=O)(=O)N(C)CCC(C)C. The maximum atomic E-state index is 12.5. The molecule has 0 spiro atoms. The van der Waals surface area contributed by atoms with E-state index >= 15 is 0 Å². The van der Waals surface area contributed by atoms with Crippen molar-refractivity contribution < 1.29 is 8.42 Å². The van der Waals surface area contributed by atoms with E-state index in [2.05, 4.69) is 13.8 Å². The van der Waals surface area contributed by atoms with Gasteiger partial charge in [-0.05, 0) is 37.0 Å². The molecular weight excluding hydrogens is 292 g/mol. The summed E-state index contributed by atoms with van der Waals surface area (Å²) in [5.74, 6) is 0.464. The van der Waals surface area contributed by atoms with Gasteiger partial charge in [0.15, 0.2) is 0 Å². The van der Waals surface area contributed by atoms with E-state index in [4.69, 9.17) is 18.0 Å². The molecule has 112 valence electrons. The molecule has 0 radical (unpaired) electrons. The van der Waals surface area contributed by atoms with E-state index in [0.29, 0.717) is 28.5 Å². The number of benzene rings is 1. The fraction of sp³-hybridized carbons (Fsp3) is 0.500. The van der Waals surface area contributed by atoms with E-state index in [9.17, 15) is 8.42 Å². The molecule has 0 atom stereocenters. The predicted octanol–water partition coefficient (Wildman–Crippen LogP) is 2.30. The van der Waals surface area contributed by atoms with E-state index in [-0.39, 0.29) is 4.99 Å². The van der Waals surface area contributed by atoms with Crippen LogP contribution in [-0.4, -0.2) is 31.3 Å². The van der Waals surface area contributed by atoms with Crippen LogP contribution in [0.25, 0.3) is 0 Å². The Balaban J connectivity index is 3.06. The smallest absolute Gasteiger partial charge is 0.243 e. The minimum atomic E-state index is -3.46. The van der Waals surface area contributed by atoms with Gasteiger partial charge in [0, 0.05) is 19.2 Å². The average Bonchev–Trinajstić information content (AvgIpc) is 2.35. The topological polar surface area (TPSA) is 63.4 Å². The molecule has 0 saturated carbocycles. The highest BCUT2D eigenvalue weighted by atomic mass is 32.2. The molecule has 0 unspecified atom stereocenters. The van der Waals surface area contributed by atoms with E-state index < -0.39 is 10.0 Å². The number of nitrogens with zero attached hydrogens (tertiary/aromatic N) is 1. The van der Waals surface area contributed by atoms with Crippen LogP contribution in [0.3, 0.4) is 0 Å². The first-order chi connectivity index (χ1) is 9.16. The van der Waals surface area contributed by atoms with E-state index in [1.54, 1.807) is 32.2 Å². The van der Waals surface area contributed by atoms with Gasteiger partial charge >= 0.3 is 0 Å². The van der Waals surface area contributed by atoms with Crippen LogP contribution in [-0.2, 0) is 10.0 Å². The summed E-state index contributed by atoms with van der Waals surface area (Å²) in [6.07, 6.45) is 0.833. The lowest BCUT2D eigenvalue weighted by Crippen LogP contribution is -2.29. The highest BCUT2D eigenvalue weighted by molar-refractivity contribution is 7.89. The molecule has 2 N–H and O–H groups in total. The molecule has 0 aliphatic rings. The lowest BCUT2D eigenvalue weighted by atomic mass is 10.1. The maximum absolute atomic E-state index is 12.5. The summed E-state index contributed by atoms with van der Waals surface area (Å²) in [6.45, 7) is 6.41.